The smallest absolute Gasteiger partial charge is 0.255 e. The van der Waals surface area contributed by atoms with E-state index < -0.39 is 0 Å². The van der Waals surface area contributed by atoms with E-state index in [9.17, 15) is 9.59 Å². The Bertz CT molecular complexity index is 575. The fourth-order valence-electron chi connectivity index (χ4n) is 2.92. The zero-order valence-corrected chi connectivity index (χ0v) is 12.3. The third kappa shape index (κ3) is 2.63. The second-order valence-corrected chi connectivity index (χ2v) is 5.80. The van der Waals surface area contributed by atoms with E-state index >= 15 is 0 Å². The number of ether oxygens (including phenoxy) is 1. The first-order valence-electron chi connectivity index (χ1n) is 7.11. The summed E-state index contributed by atoms with van der Waals surface area (Å²) in [5, 5.41) is 0. The quantitative estimate of drug-likeness (QED) is 0.747. The molecule has 0 spiro atoms. The monoisotopic (exact) mass is 289 g/mol. The number of pyridine rings is 1. The van der Waals surface area contributed by atoms with Gasteiger partial charge in [-0.2, -0.15) is 0 Å². The van der Waals surface area contributed by atoms with Crippen LogP contribution in [0.3, 0.4) is 0 Å². The number of nitrogens with zero attached hydrogens (tertiary/aromatic N) is 3. The van der Waals surface area contributed by atoms with Crippen molar-refractivity contribution in [2.75, 3.05) is 33.4 Å². The number of likely N-dealkylation sites (N-methyl/N-ethyl adjacent to an activating group) is 1. The predicted octanol–water partition coefficient (Wildman–Crippen LogP) is 0.319. The lowest BCUT2D eigenvalue weighted by atomic mass is 10.1. The SMILES string of the molecule is Cc1cncc(C(=O)N2C[C@@H]3COC[C@H](C2)N(C)C3=O)c1. The van der Waals surface area contributed by atoms with Crippen molar-refractivity contribution in [1.82, 2.24) is 14.8 Å². The molecule has 2 amide bonds. The molecule has 3 rings (SSSR count). The third-order valence-corrected chi connectivity index (χ3v) is 4.15. The molecule has 2 bridgehead atoms. The summed E-state index contributed by atoms with van der Waals surface area (Å²) < 4.78 is 5.54. The molecule has 1 aromatic heterocycles. The van der Waals surface area contributed by atoms with Crippen LogP contribution in [0.2, 0.25) is 0 Å². The minimum Gasteiger partial charge on any atom is -0.378 e. The zero-order valence-electron chi connectivity index (χ0n) is 12.3. The standard InChI is InChI=1S/C15H19N3O3/c1-10-3-11(5-16-4-10)15(20)18-6-12-8-21-9-13(7-18)17(2)14(12)19/h3-5,12-13H,6-9H2,1-2H3/t12-,13+/m1/s1. The van der Waals surface area contributed by atoms with Crippen LogP contribution in [0.5, 0.6) is 0 Å². The molecule has 2 saturated heterocycles. The highest BCUT2D eigenvalue weighted by Crippen LogP contribution is 2.21. The Morgan fingerprint density at radius 3 is 2.90 bits per heavy atom. The van der Waals surface area contributed by atoms with Gasteiger partial charge in [-0.1, -0.05) is 0 Å². The molecule has 6 nitrogen and oxygen atoms in total. The Morgan fingerprint density at radius 1 is 1.33 bits per heavy atom. The zero-order chi connectivity index (χ0) is 15.0. The molecule has 2 aliphatic heterocycles. The number of rotatable bonds is 1. The first kappa shape index (κ1) is 14.0. The lowest BCUT2D eigenvalue weighted by Crippen LogP contribution is -2.45. The summed E-state index contributed by atoms with van der Waals surface area (Å²) in [5.74, 6) is -0.273. The van der Waals surface area contributed by atoms with Crippen LogP contribution in [0.25, 0.3) is 0 Å². The highest BCUT2D eigenvalue weighted by molar-refractivity contribution is 5.94. The number of aromatic nitrogens is 1. The van der Waals surface area contributed by atoms with Crippen LogP contribution in [0.15, 0.2) is 18.5 Å². The fraction of sp³-hybridized carbons (Fsp3) is 0.533. The van der Waals surface area contributed by atoms with Gasteiger partial charge in [-0.3, -0.25) is 14.6 Å². The van der Waals surface area contributed by atoms with E-state index in [-0.39, 0.29) is 23.8 Å². The van der Waals surface area contributed by atoms with E-state index in [0.29, 0.717) is 31.9 Å². The maximum atomic E-state index is 12.7. The molecule has 21 heavy (non-hydrogen) atoms. The van der Waals surface area contributed by atoms with Gasteiger partial charge in [0, 0.05) is 32.5 Å². The average molecular weight is 289 g/mol. The van der Waals surface area contributed by atoms with E-state index in [2.05, 4.69) is 4.98 Å². The summed E-state index contributed by atoms with van der Waals surface area (Å²) in [5.41, 5.74) is 1.53. The Hall–Kier alpha value is -1.95. The number of hydrogen-bond donors (Lipinski definition) is 0. The Labute approximate surface area is 123 Å². The first-order valence-corrected chi connectivity index (χ1v) is 7.11. The number of amides is 2. The Balaban J connectivity index is 1.86. The van der Waals surface area contributed by atoms with Crippen LogP contribution < -0.4 is 0 Å². The van der Waals surface area contributed by atoms with Gasteiger partial charge in [-0.15, -0.1) is 0 Å². The van der Waals surface area contributed by atoms with Crippen molar-refractivity contribution in [3.05, 3.63) is 29.6 Å². The second-order valence-electron chi connectivity index (χ2n) is 5.80. The van der Waals surface area contributed by atoms with Crippen molar-refractivity contribution < 1.29 is 14.3 Å². The van der Waals surface area contributed by atoms with E-state index in [0.717, 1.165) is 5.56 Å². The van der Waals surface area contributed by atoms with Gasteiger partial charge >= 0.3 is 0 Å². The molecule has 0 radical (unpaired) electrons. The third-order valence-electron chi connectivity index (χ3n) is 4.15. The Kier molecular flexibility index (Phi) is 3.63. The predicted molar refractivity (Wildman–Crippen MR) is 75.7 cm³/mol. The van der Waals surface area contributed by atoms with Crippen molar-refractivity contribution in [3.8, 4) is 0 Å². The summed E-state index contributed by atoms with van der Waals surface area (Å²) in [7, 11) is 1.79. The van der Waals surface area contributed by atoms with Gasteiger partial charge in [0.1, 0.15) is 0 Å². The lowest BCUT2D eigenvalue weighted by molar-refractivity contribution is -0.133. The van der Waals surface area contributed by atoms with E-state index in [4.69, 9.17) is 4.74 Å². The Morgan fingerprint density at radius 2 is 2.14 bits per heavy atom. The minimum absolute atomic E-state index is 0.0637. The fourth-order valence-corrected chi connectivity index (χ4v) is 2.92. The molecule has 3 heterocycles. The maximum Gasteiger partial charge on any atom is 0.255 e. The van der Waals surface area contributed by atoms with Gasteiger partial charge in [-0.05, 0) is 18.6 Å². The average Bonchev–Trinajstić information content (AvgIpc) is 2.64. The summed E-state index contributed by atoms with van der Waals surface area (Å²) in [6.45, 7) is 3.69. The number of carbonyl (C=O) groups excluding carboxylic acids is 2. The molecule has 2 fully saturated rings. The summed E-state index contributed by atoms with van der Waals surface area (Å²) in [6, 6.07) is 1.75. The molecule has 2 atom stereocenters. The molecule has 2 aliphatic rings. The van der Waals surface area contributed by atoms with Crippen molar-refractivity contribution in [2.24, 2.45) is 5.92 Å². The summed E-state index contributed by atoms with van der Waals surface area (Å²) in [6.07, 6.45) is 3.30. The minimum atomic E-state index is -0.274. The van der Waals surface area contributed by atoms with Crippen molar-refractivity contribution in [2.45, 2.75) is 13.0 Å². The lowest BCUT2D eigenvalue weighted by Gasteiger charge is -2.29. The highest BCUT2D eigenvalue weighted by Gasteiger charge is 2.38. The molecule has 0 unspecified atom stereocenters. The molecular formula is C15H19N3O3. The molecule has 0 aliphatic carbocycles. The molecule has 6 heteroatoms. The van der Waals surface area contributed by atoms with Gasteiger partial charge in [0.15, 0.2) is 0 Å². The van der Waals surface area contributed by atoms with E-state index in [1.54, 1.807) is 29.2 Å². The molecule has 0 aromatic carbocycles. The molecule has 0 saturated carbocycles. The van der Waals surface area contributed by atoms with Crippen molar-refractivity contribution in [1.29, 1.82) is 0 Å². The number of aryl methyl sites for hydroxylation is 1. The van der Waals surface area contributed by atoms with Gasteiger partial charge in [0.05, 0.1) is 30.7 Å². The summed E-state index contributed by atoms with van der Waals surface area (Å²) in [4.78, 5) is 32.5. The number of carbonyl (C=O) groups is 2. The van der Waals surface area contributed by atoms with Gasteiger partial charge < -0.3 is 14.5 Å². The van der Waals surface area contributed by atoms with Gasteiger partial charge in [0.2, 0.25) is 5.91 Å². The van der Waals surface area contributed by atoms with Crippen LogP contribution in [-0.2, 0) is 9.53 Å². The molecule has 0 N–H and O–H groups in total. The summed E-state index contributed by atoms with van der Waals surface area (Å²) >= 11 is 0. The van der Waals surface area contributed by atoms with Crippen LogP contribution >= 0.6 is 0 Å². The van der Waals surface area contributed by atoms with Crippen molar-refractivity contribution >= 4 is 11.8 Å². The van der Waals surface area contributed by atoms with Crippen LogP contribution in [0.1, 0.15) is 15.9 Å². The molecular weight excluding hydrogens is 270 g/mol. The maximum absolute atomic E-state index is 12.7. The first-order chi connectivity index (χ1) is 10.1. The highest BCUT2D eigenvalue weighted by atomic mass is 16.5. The largest absolute Gasteiger partial charge is 0.378 e. The molecule has 1 aromatic rings. The van der Waals surface area contributed by atoms with E-state index in [1.807, 2.05) is 13.0 Å². The normalized spacial score (nSPS) is 25.7. The van der Waals surface area contributed by atoms with Gasteiger partial charge in [-0.25, -0.2) is 0 Å². The number of hydrogen-bond acceptors (Lipinski definition) is 4. The second kappa shape index (κ2) is 5.44. The van der Waals surface area contributed by atoms with Crippen LogP contribution in [0, 0.1) is 12.8 Å². The number of fused-ring (bicyclic) bond motifs is 3. The molecule has 112 valence electrons. The van der Waals surface area contributed by atoms with Crippen molar-refractivity contribution in [3.63, 3.8) is 0 Å². The topological polar surface area (TPSA) is 62.7 Å². The van der Waals surface area contributed by atoms with Crippen LogP contribution in [-0.4, -0.2) is 66.0 Å². The van der Waals surface area contributed by atoms with Gasteiger partial charge in [0.25, 0.3) is 5.91 Å². The van der Waals surface area contributed by atoms with E-state index in [1.165, 1.54) is 0 Å². The van der Waals surface area contributed by atoms with Crippen LogP contribution in [0.4, 0.5) is 0 Å².